The van der Waals surface area contributed by atoms with E-state index >= 15 is 0 Å². The molecule has 29 heavy (non-hydrogen) atoms. The lowest BCUT2D eigenvalue weighted by Crippen LogP contribution is -2.44. The molecule has 0 spiro atoms. The van der Waals surface area contributed by atoms with Gasteiger partial charge in [-0.15, -0.1) is 0 Å². The molecule has 8 heteroatoms. The second-order valence-corrected chi connectivity index (χ2v) is 7.32. The second kappa shape index (κ2) is 8.55. The third kappa shape index (κ3) is 4.36. The number of hydrogen-bond acceptors (Lipinski definition) is 7. The Balaban J connectivity index is 1.59. The number of rotatable bonds is 4. The Hall–Kier alpha value is -3.02. The van der Waals surface area contributed by atoms with Crippen molar-refractivity contribution in [1.82, 2.24) is 4.90 Å². The van der Waals surface area contributed by atoms with Crippen LogP contribution in [0.5, 0.6) is 0 Å². The first-order valence-electron chi connectivity index (χ1n) is 9.85. The lowest BCUT2D eigenvalue weighted by Gasteiger charge is -2.36. The number of nitriles is 1. The highest BCUT2D eigenvalue weighted by molar-refractivity contribution is 6.04. The van der Waals surface area contributed by atoms with Crippen LogP contribution in [0.3, 0.4) is 0 Å². The van der Waals surface area contributed by atoms with Gasteiger partial charge in [-0.05, 0) is 37.4 Å². The molecule has 1 aromatic carbocycles. The van der Waals surface area contributed by atoms with Crippen LogP contribution in [0, 0.1) is 11.3 Å². The van der Waals surface area contributed by atoms with Crippen molar-refractivity contribution in [3.05, 3.63) is 41.9 Å². The van der Waals surface area contributed by atoms with Gasteiger partial charge < -0.3 is 29.2 Å². The van der Waals surface area contributed by atoms with E-state index in [4.69, 9.17) is 14.4 Å². The van der Waals surface area contributed by atoms with E-state index in [9.17, 15) is 4.79 Å². The summed E-state index contributed by atoms with van der Waals surface area (Å²) in [6.07, 6.45) is 0. The Bertz CT molecular complexity index is 905. The maximum Gasteiger partial charge on any atom is 0.291 e. The van der Waals surface area contributed by atoms with Crippen molar-refractivity contribution in [3.63, 3.8) is 0 Å². The fourth-order valence-electron chi connectivity index (χ4n) is 3.66. The van der Waals surface area contributed by atoms with Gasteiger partial charge in [-0.3, -0.25) is 4.79 Å². The van der Waals surface area contributed by atoms with E-state index in [-0.39, 0.29) is 17.4 Å². The maximum absolute atomic E-state index is 12.6. The molecule has 2 fully saturated rings. The number of nitrogens with one attached hydrogen (secondary N) is 1. The Labute approximate surface area is 170 Å². The zero-order chi connectivity index (χ0) is 20.2. The summed E-state index contributed by atoms with van der Waals surface area (Å²) in [5, 5.41) is 11.9. The molecule has 1 aromatic heterocycles. The normalized spacial score (nSPS) is 17.8. The third-order valence-electron chi connectivity index (χ3n) is 5.39. The van der Waals surface area contributed by atoms with Crippen LogP contribution in [-0.2, 0) is 4.74 Å². The number of amides is 1. The van der Waals surface area contributed by atoms with E-state index in [1.54, 1.807) is 0 Å². The Kier molecular flexibility index (Phi) is 5.69. The van der Waals surface area contributed by atoms with Gasteiger partial charge in [0.05, 0.1) is 24.6 Å². The molecule has 3 heterocycles. The van der Waals surface area contributed by atoms with Crippen LogP contribution < -0.4 is 15.1 Å². The van der Waals surface area contributed by atoms with Crippen LogP contribution in [0.2, 0.25) is 0 Å². The molecule has 0 atom stereocenters. The van der Waals surface area contributed by atoms with Gasteiger partial charge in [0.25, 0.3) is 5.91 Å². The van der Waals surface area contributed by atoms with Gasteiger partial charge in [0.15, 0.2) is 5.76 Å². The number of piperazine rings is 1. The van der Waals surface area contributed by atoms with Gasteiger partial charge in [-0.25, -0.2) is 0 Å². The van der Waals surface area contributed by atoms with E-state index in [1.165, 1.54) is 12.1 Å². The zero-order valence-electron chi connectivity index (χ0n) is 16.6. The monoisotopic (exact) mass is 395 g/mol. The van der Waals surface area contributed by atoms with Crippen molar-refractivity contribution in [1.29, 1.82) is 5.26 Å². The number of nitrogens with zero attached hydrogens (tertiary/aromatic N) is 4. The van der Waals surface area contributed by atoms with E-state index in [0.717, 1.165) is 56.3 Å². The molecule has 2 saturated heterocycles. The van der Waals surface area contributed by atoms with Crippen LogP contribution in [-0.4, -0.2) is 70.3 Å². The van der Waals surface area contributed by atoms with Gasteiger partial charge in [0.2, 0.25) is 5.76 Å². The third-order valence-corrected chi connectivity index (χ3v) is 5.39. The van der Waals surface area contributed by atoms with Crippen LogP contribution in [0.25, 0.3) is 0 Å². The molecule has 0 radical (unpaired) electrons. The van der Waals surface area contributed by atoms with Crippen LogP contribution in [0.4, 0.5) is 17.1 Å². The van der Waals surface area contributed by atoms with Crippen molar-refractivity contribution >= 4 is 23.0 Å². The van der Waals surface area contributed by atoms with Crippen molar-refractivity contribution in [2.45, 2.75) is 0 Å². The minimum atomic E-state index is -0.367. The predicted molar refractivity (Wildman–Crippen MR) is 111 cm³/mol. The van der Waals surface area contributed by atoms with Gasteiger partial charge in [0.1, 0.15) is 6.07 Å². The highest BCUT2D eigenvalue weighted by Gasteiger charge is 2.21. The van der Waals surface area contributed by atoms with E-state index < -0.39 is 0 Å². The van der Waals surface area contributed by atoms with Gasteiger partial charge in [-0.1, -0.05) is 0 Å². The number of carbonyl (C=O) groups excluding carboxylic acids is 1. The number of hydrogen-bond donors (Lipinski definition) is 1. The average Bonchev–Trinajstić information content (AvgIpc) is 3.25. The summed E-state index contributed by atoms with van der Waals surface area (Å²) in [5.41, 5.74) is 2.86. The molecule has 1 amide bonds. The molecule has 0 aliphatic carbocycles. The lowest BCUT2D eigenvalue weighted by atomic mass is 10.1. The molecule has 2 aromatic rings. The first-order chi connectivity index (χ1) is 14.1. The largest absolute Gasteiger partial charge is 0.440 e. The molecular weight excluding hydrogens is 370 g/mol. The number of ether oxygens (including phenoxy) is 1. The number of morpholine rings is 1. The number of likely N-dealkylation sites (N-methyl/N-ethyl adjacent to an activating group) is 1. The number of carbonyl (C=O) groups is 1. The fourth-order valence-corrected chi connectivity index (χ4v) is 3.66. The maximum atomic E-state index is 12.6. The Morgan fingerprint density at radius 1 is 1.03 bits per heavy atom. The molecule has 152 valence electrons. The topological polar surface area (TPSA) is 85.0 Å². The quantitative estimate of drug-likeness (QED) is 0.847. The van der Waals surface area contributed by atoms with E-state index in [2.05, 4.69) is 33.1 Å². The summed E-state index contributed by atoms with van der Waals surface area (Å²) >= 11 is 0. The first kappa shape index (κ1) is 19.3. The van der Waals surface area contributed by atoms with Crippen LogP contribution in [0.1, 0.15) is 16.3 Å². The van der Waals surface area contributed by atoms with Gasteiger partial charge in [0, 0.05) is 45.0 Å². The van der Waals surface area contributed by atoms with E-state index in [1.807, 2.05) is 18.2 Å². The standard InChI is InChI=1S/C21H25N5O3/c1-24-6-8-25(9-7-24)16-2-4-18(19(14-16)26-10-12-28-13-11-26)23-21(27)20-5-3-17(15-22)29-20/h2-5,14H,6-13H2,1H3,(H,23,27). The minimum Gasteiger partial charge on any atom is -0.440 e. The fraction of sp³-hybridized carbons (Fsp3) is 0.429. The predicted octanol–water partition coefficient (Wildman–Crippen LogP) is 1.99. The number of furan rings is 1. The summed E-state index contributed by atoms with van der Waals surface area (Å²) in [4.78, 5) is 19.6. The average molecular weight is 395 g/mol. The summed E-state index contributed by atoms with van der Waals surface area (Å²) in [6, 6.07) is 11.1. The molecule has 8 nitrogen and oxygen atoms in total. The van der Waals surface area contributed by atoms with Crippen LogP contribution >= 0.6 is 0 Å². The highest BCUT2D eigenvalue weighted by atomic mass is 16.5. The summed E-state index contributed by atoms with van der Waals surface area (Å²) in [5.74, 6) is -0.125. The van der Waals surface area contributed by atoms with Crippen LogP contribution in [0.15, 0.2) is 34.7 Å². The summed E-state index contributed by atoms with van der Waals surface area (Å²) < 4.78 is 10.8. The van der Waals surface area contributed by atoms with Gasteiger partial charge in [-0.2, -0.15) is 5.26 Å². The number of benzene rings is 1. The second-order valence-electron chi connectivity index (χ2n) is 7.32. The van der Waals surface area contributed by atoms with Crippen molar-refractivity contribution < 1.29 is 13.9 Å². The smallest absolute Gasteiger partial charge is 0.291 e. The first-order valence-corrected chi connectivity index (χ1v) is 9.85. The lowest BCUT2D eigenvalue weighted by molar-refractivity contribution is 0.0996. The zero-order valence-corrected chi connectivity index (χ0v) is 16.6. The van der Waals surface area contributed by atoms with Crippen molar-refractivity contribution in [2.24, 2.45) is 0 Å². The summed E-state index contributed by atoms with van der Waals surface area (Å²) in [7, 11) is 2.14. The Morgan fingerprint density at radius 3 is 2.48 bits per heavy atom. The molecule has 1 N–H and O–H groups in total. The van der Waals surface area contributed by atoms with E-state index in [0.29, 0.717) is 13.2 Å². The molecule has 2 aliphatic heterocycles. The summed E-state index contributed by atoms with van der Waals surface area (Å²) in [6.45, 7) is 6.90. The molecule has 0 saturated carbocycles. The molecular formula is C21H25N5O3. The minimum absolute atomic E-state index is 0.119. The molecule has 2 aliphatic rings. The van der Waals surface area contributed by atoms with Crippen molar-refractivity contribution in [3.8, 4) is 6.07 Å². The Morgan fingerprint density at radius 2 is 1.79 bits per heavy atom. The number of anilines is 3. The SMILES string of the molecule is CN1CCN(c2ccc(NC(=O)c3ccc(C#N)o3)c(N3CCOCC3)c2)CC1. The molecule has 4 rings (SSSR count). The van der Waals surface area contributed by atoms with Gasteiger partial charge >= 0.3 is 0 Å². The molecule has 0 bridgehead atoms. The molecule has 0 unspecified atom stereocenters. The highest BCUT2D eigenvalue weighted by Crippen LogP contribution is 2.32. The van der Waals surface area contributed by atoms with Crippen molar-refractivity contribution in [2.75, 3.05) is 74.6 Å².